The fourth-order valence-corrected chi connectivity index (χ4v) is 2.06. The van der Waals surface area contributed by atoms with E-state index in [1.807, 2.05) is 30.3 Å². The van der Waals surface area contributed by atoms with E-state index in [9.17, 15) is 4.79 Å². The molecule has 0 aliphatic rings. The van der Waals surface area contributed by atoms with Gasteiger partial charge in [0.15, 0.2) is 17.8 Å². The van der Waals surface area contributed by atoms with Crippen LogP contribution in [-0.4, -0.2) is 27.6 Å². The third-order valence-corrected chi connectivity index (χ3v) is 3.33. The Labute approximate surface area is 139 Å². The van der Waals surface area contributed by atoms with Crippen molar-refractivity contribution in [1.29, 1.82) is 0 Å². The minimum atomic E-state index is 0.448. The van der Waals surface area contributed by atoms with Crippen molar-refractivity contribution in [3.63, 3.8) is 0 Å². The van der Waals surface area contributed by atoms with E-state index in [1.54, 1.807) is 33.5 Å². The summed E-state index contributed by atoms with van der Waals surface area (Å²) in [7, 11) is 4.80. The lowest BCUT2D eigenvalue weighted by Crippen LogP contribution is -1.98. The second-order valence-corrected chi connectivity index (χ2v) is 5.18. The number of hydrogen-bond donors (Lipinski definition) is 0. The Hall–Kier alpha value is -1.85. The second-order valence-electron chi connectivity index (χ2n) is 4.32. The third-order valence-electron chi connectivity index (χ3n) is 2.65. The maximum atomic E-state index is 10.9. The molecule has 118 valence electrons. The number of hydrogen-bond acceptors (Lipinski definition) is 4. The van der Waals surface area contributed by atoms with E-state index in [0.29, 0.717) is 28.1 Å². The molecule has 0 unspecified atom stereocenters. The van der Waals surface area contributed by atoms with Gasteiger partial charge in [0.25, 0.3) is 0 Å². The Kier molecular flexibility index (Phi) is 8.25. The van der Waals surface area contributed by atoms with Crippen molar-refractivity contribution in [3.8, 4) is 11.5 Å². The lowest BCUT2D eigenvalue weighted by atomic mass is 10.2. The minimum absolute atomic E-state index is 0.448. The summed E-state index contributed by atoms with van der Waals surface area (Å²) in [5.74, 6) is 1.14. The van der Waals surface area contributed by atoms with Crippen LogP contribution in [0.1, 0.15) is 15.9 Å². The molecule has 0 amide bonds. The molecule has 0 fully saturated rings. The Morgan fingerprint density at radius 2 is 1.68 bits per heavy atom. The molecular weight excluding hydrogens is 348 g/mol. The molecule has 0 saturated carbocycles. The molecule has 5 heteroatoms. The lowest BCUT2D eigenvalue weighted by Gasteiger charge is -2.12. The first-order valence-electron chi connectivity index (χ1n) is 6.55. The van der Waals surface area contributed by atoms with Crippen LogP contribution in [-0.2, 0) is 11.3 Å². The summed E-state index contributed by atoms with van der Waals surface area (Å²) in [5.41, 5.74) is 1.60. The van der Waals surface area contributed by atoms with Crippen LogP contribution in [0.15, 0.2) is 46.9 Å². The lowest BCUT2D eigenvalue weighted by molar-refractivity contribution is 0.112. The van der Waals surface area contributed by atoms with Crippen LogP contribution in [0.3, 0.4) is 0 Å². The number of halogens is 1. The van der Waals surface area contributed by atoms with E-state index in [-0.39, 0.29) is 0 Å². The van der Waals surface area contributed by atoms with Crippen molar-refractivity contribution in [2.45, 2.75) is 6.61 Å². The number of carbonyl (C=O) groups excluding carboxylic acids is 1. The Bertz CT molecular complexity index is 585. The van der Waals surface area contributed by atoms with Gasteiger partial charge in [0.2, 0.25) is 0 Å². The molecule has 0 bridgehead atoms. The van der Waals surface area contributed by atoms with Gasteiger partial charge in [-0.15, -0.1) is 0 Å². The summed E-state index contributed by atoms with van der Waals surface area (Å²) in [6.07, 6.45) is 0.771. The first-order chi connectivity index (χ1) is 10.7. The molecule has 0 spiro atoms. The molecular formula is C17H19BrO4. The van der Waals surface area contributed by atoms with Crippen LogP contribution < -0.4 is 9.47 Å². The van der Waals surface area contributed by atoms with Gasteiger partial charge in [-0.25, -0.2) is 0 Å². The van der Waals surface area contributed by atoms with Gasteiger partial charge in [-0.1, -0.05) is 30.3 Å². The summed E-state index contributed by atoms with van der Waals surface area (Å²) in [6.45, 7) is 0.448. The highest BCUT2D eigenvalue weighted by atomic mass is 79.9. The van der Waals surface area contributed by atoms with Crippen LogP contribution in [0.5, 0.6) is 11.5 Å². The quantitative estimate of drug-likeness (QED) is 0.746. The van der Waals surface area contributed by atoms with Crippen LogP contribution in [0.25, 0.3) is 0 Å². The van der Waals surface area contributed by atoms with E-state index >= 15 is 0 Å². The van der Waals surface area contributed by atoms with Gasteiger partial charge >= 0.3 is 0 Å². The molecule has 0 saturated heterocycles. The highest BCUT2D eigenvalue weighted by Gasteiger charge is 2.10. The average Bonchev–Trinajstić information content (AvgIpc) is 2.54. The smallest absolute Gasteiger partial charge is 0.162 e. The van der Waals surface area contributed by atoms with E-state index in [2.05, 4.69) is 20.7 Å². The van der Waals surface area contributed by atoms with Crippen molar-refractivity contribution in [1.82, 2.24) is 0 Å². The molecule has 0 N–H and O–H groups in total. The van der Waals surface area contributed by atoms with Gasteiger partial charge < -0.3 is 14.2 Å². The predicted molar refractivity (Wildman–Crippen MR) is 89.8 cm³/mol. The van der Waals surface area contributed by atoms with Crippen molar-refractivity contribution < 1.29 is 19.0 Å². The van der Waals surface area contributed by atoms with Crippen LogP contribution in [0.2, 0.25) is 0 Å². The van der Waals surface area contributed by atoms with Gasteiger partial charge in [0.1, 0.15) is 6.61 Å². The zero-order valence-corrected chi connectivity index (χ0v) is 14.4. The highest BCUT2D eigenvalue weighted by molar-refractivity contribution is 9.10. The first-order valence-corrected chi connectivity index (χ1v) is 7.35. The van der Waals surface area contributed by atoms with Crippen LogP contribution in [0.4, 0.5) is 0 Å². The van der Waals surface area contributed by atoms with Crippen molar-refractivity contribution in [3.05, 3.63) is 58.1 Å². The zero-order chi connectivity index (χ0) is 16.4. The number of aldehydes is 1. The molecule has 0 atom stereocenters. The van der Waals surface area contributed by atoms with Gasteiger partial charge in [-0.05, 0) is 33.6 Å². The Morgan fingerprint density at radius 3 is 2.23 bits per heavy atom. The van der Waals surface area contributed by atoms with E-state index in [0.717, 1.165) is 11.8 Å². The summed E-state index contributed by atoms with van der Waals surface area (Å²) < 4.78 is 15.9. The summed E-state index contributed by atoms with van der Waals surface area (Å²) >= 11 is 3.33. The number of methoxy groups -OCH3 is 2. The van der Waals surface area contributed by atoms with Gasteiger partial charge in [0.05, 0.1) is 7.11 Å². The van der Waals surface area contributed by atoms with Crippen molar-refractivity contribution in [2.24, 2.45) is 0 Å². The zero-order valence-electron chi connectivity index (χ0n) is 12.8. The van der Waals surface area contributed by atoms with Crippen LogP contribution in [0, 0.1) is 0 Å². The number of ether oxygens (including phenoxy) is 3. The number of benzene rings is 2. The Balaban J connectivity index is 0.000000745. The fourth-order valence-electron chi connectivity index (χ4n) is 1.65. The molecule has 2 aromatic carbocycles. The topological polar surface area (TPSA) is 44.8 Å². The Morgan fingerprint density at radius 1 is 1.05 bits per heavy atom. The molecule has 0 aliphatic heterocycles. The second kappa shape index (κ2) is 9.97. The standard InChI is InChI=1S/C15H13BrO3.C2H6O/c1-18-14-7-12(9-17)13(16)8-15(14)19-10-11-5-3-2-4-6-11;1-3-2/h2-9H,10H2,1H3;1-2H3. The maximum absolute atomic E-state index is 10.9. The molecule has 4 nitrogen and oxygen atoms in total. The molecule has 0 aliphatic carbocycles. The first kappa shape index (κ1) is 18.2. The summed E-state index contributed by atoms with van der Waals surface area (Å²) in [6, 6.07) is 13.2. The van der Waals surface area contributed by atoms with E-state index in [1.165, 1.54) is 0 Å². The molecule has 0 radical (unpaired) electrons. The minimum Gasteiger partial charge on any atom is -0.493 e. The predicted octanol–water partition coefficient (Wildman–Crippen LogP) is 4.11. The number of carbonyl (C=O) groups is 1. The van der Waals surface area contributed by atoms with Crippen molar-refractivity contribution in [2.75, 3.05) is 21.3 Å². The largest absolute Gasteiger partial charge is 0.493 e. The van der Waals surface area contributed by atoms with Gasteiger partial charge in [-0.2, -0.15) is 0 Å². The molecule has 2 aromatic rings. The highest BCUT2D eigenvalue weighted by Crippen LogP contribution is 2.33. The molecule has 0 aromatic heterocycles. The normalized spacial score (nSPS) is 9.45. The van der Waals surface area contributed by atoms with Gasteiger partial charge in [-0.3, -0.25) is 4.79 Å². The summed E-state index contributed by atoms with van der Waals surface area (Å²) in [4.78, 5) is 10.9. The molecule has 2 rings (SSSR count). The van der Waals surface area contributed by atoms with Crippen LogP contribution >= 0.6 is 15.9 Å². The van der Waals surface area contributed by atoms with Crippen molar-refractivity contribution >= 4 is 22.2 Å². The average molecular weight is 367 g/mol. The van der Waals surface area contributed by atoms with E-state index < -0.39 is 0 Å². The molecule has 22 heavy (non-hydrogen) atoms. The third kappa shape index (κ3) is 5.50. The summed E-state index contributed by atoms with van der Waals surface area (Å²) in [5, 5.41) is 0. The fraction of sp³-hybridized carbons (Fsp3) is 0.235. The maximum Gasteiger partial charge on any atom is 0.162 e. The van der Waals surface area contributed by atoms with E-state index in [4.69, 9.17) is 9.47 Å². The SMILES string of the molecule is COC.COc1cc(C=O)c(Br)cc1OCc1ccccc1. The molecule has 0 heterocycles. The number of rotatable bonds is 5. The van der Waals surface area contributed by atoms with Gasteiger partial charge in [0, 0.05) is 24.3 Å². The monoisotopic (exact) mass is 366 g/mol.